The highest BCUT2D eigenvalue weighted by Crippen LogP contribution is 2.17. The van der Waals surface area contributed by atoms with Gasteiger partial charge in [0.2, 0.25) is 11.8 Å². The lowest BCUT2D eigenvalue weighted by atomic mass is 10.0. The summed E-state index contributed by atoms with van der Waals surface area (Å²) in [7, 11) is 0. The highest BCUT2D eigenvalue weighted by atomic mass is 16.6. The molecule has 0 atom stereocenters. The SMILES string of the molecule is CC(C)(C)OC(=O)N1CCC(N)CC1.CC(C)(C)OC(=O)N1CCC(NC(=O)CCCCCc2ccccc2)CC1.O=C(CCCCCc1ccccc1)NC1CCNCC1. The summed E-state index contributed by atoms with van der Waals surface area (Å²) in [5.74, 6) is 0.363. The zero-order chi connectivity index (χ0) is 44.5. The molecule has 12 heteroatoms. The van der Waals surface area contributed by atoms with Crippen LogP contribution in [-0.4, -0.2) is 102 Å². The number of hydrogen-bond donors (Lipinski definition) is 4. The molecule has 5 N–H and O–H groups in total. The quantitative estimate of drug-likeness (QED) is 0.139. The number of carbonyl (C=O) groups is 4. The number of piperidine rings is 3. The van der Waals surface area contributed by atoms with E-state index in [-0.39, 0.29) is 36.1 Å². The third-order valence-corrected chi connectivity index (χ3v) is 10.8. The van der Waals surface area contributed by atoms with Crippen LogP contribution in [0.2, 0.25) is 0 Å². The largest absolute Gasteiger partial charge is 0.444 e. The summed E-state index contributed by atoms with van der Waals surface area (Å²) in [6, 6.07) is 21.8. The molecule has 0 spiro atoms. The van der Waals surface area contributed by atoms with Gasteiger partial charge in [-0.3, -0.25) is 9.59 Å². The van der Waals surface area contributed by atoms with E-state index in [9.17, 15) is 19.2 Å². The maximum Gasteiger partial charge on any atom is 0.410 e. The summed E-state index contributed by atoms with van der Waals surface area (Å²) >= 11 is 0. The van der Waals surface area contributed by atoms with Crippen molar-refractivity contribution in [2.24, 2.45) is 5.73 Å². The van der Waals surface area contributed by atoms with Crippen LogP contribution in [0.4, 0.5) is 9.59 Å². The summed E-state index contributed by atoms with van der Waals surface area (Å²) in [5.41, 5.74) is 7.62. The van der Waals surface area contributed by atoms with Gasteiger partial charge in [0.25, 0.3) is 0 Å². The molecule has 61 heavy (non-hydrogen) atoms. The number of nitrogens with one attached hydrogen (secondary N) is 3. The van der Waals surface area contributed by atoms with Gasteiger partial charge in [-0.2, -0.15) is 0 Å². The molecule has 12 nitrogen and oxygen atoms in total. The molecular formula is C49H80N6O6. The van der Waals surface area contributed by atoms with Crippen LogP contribution in [0.1, 0.15) is 143 Å². The van der Waals surface area contributed by atoms with E-state index in [1.807, 2.05) is 47.6 Å². The number of nitrogens with two attached hydrogens (primary N) is 1. The molecule has 2 aromatic rings. The first-order valence-electron chi connectivity index (χ1n) is 23.1. The Bertz CT molecular complexity index is 1520. The molecule has 3 fully saturated rings. The van der Waals surface area contributed by atoms with Crippen molar-refractivity contribution >= 4 is 24.0 Å². The second-order valence-corrected chi connectivity index (χ2v) is 18.8. The number of amides is 4. The van der Waals surface area contributed by atoms with Crippen molar-refractivity contribution in [3.05, 3.63) is 71.8 Å². The Kier molecular flexibility index (Phi) is 23.3. The molecule has 2 aromatic carbocycles. The molecule has 3 saturated heterocycles. The molecule has 3 heterocycles. The predicted molar refractivity (Wildman–Crippen MR) is 245 cm³/mol. The molecule has 0 radical (unpaired) electrons. The first-order valence-corrected chi connectivity index (χ1v) is 23.1. The second-order valence-electron chi connectivity index (χ2n) is 18.8. The molecule has 3 aliphatic heterocycles. The van der Waals surface area contributed by atoms with Gasteiger partial charge in [0.15, 0.2) is 0 Å². The van der Waals surface area contributed by atoms with Crippen LogP contribution in [0.5, 0.6) is 0 Å². The molecule has 0 unspecified atom stereocenters. The van der Waals surface area contributed by atoms with Crippen LogP contribution >= 0.6 is 0 Å². The van der Waals surface area contributed by atoms with Gasteiger partial charge in [-0.25, -0.2) is 9.59 Å². The lowest BCUT2D eigenvalue weighted by Gasteiger charge is -2.33. The molecule has 5 rings (SSSR count). The Balaban J connectivity index is 0.000000257. The zero-order valence-corrected chi connectivity index (χ0v) is 38.5. The van der Waals surface area contributed by atoms with E-state index in [1.165, 1.54) is 17.5 Å². The van der Waals surface area contributed by atoms with Crippen LogP contribution in [0, 0.1) is 0 Å². The molecule has 0 aromatic heterocycles. The van der Waals surface area contributed by atoms with Crippen molar-refractivity contribution in [2.75, 3.05) is 39.3 Å². The maximum absolute atomic E-state index is 12.1. The van der Waals surface area contributed by atoms with E-state index in [2.05, 4.69) is 70.5 Å². The Hall–Kier alpha value is -4.16. The smallest absolute Gasteiger partial charge is 0.410 e. The molecule has 0 bridgehead atoms. The van der Waals surface area contributed by atoms with Gasteiger partial charge < -0.3 is 41.0 Å². The average Bonchev–Trinajstić information content (AvgIpc) is 3.21. The zero-order valence-electron chi connectivity index (χ0n) is 38.5. The third-order valence-electron chi connectivity index (χ3n) is 10.8. The van der Waals surface area contributed by atoms with Gasteiger partial charge in [-0.1, -0.05) is 73.5 Å². The Morgan fingerprint density at radius 1 is 0.574 bits per heavy atom. The highest BCUT2D eigenvalue weighted by Gasteiger charge is 2.28. The van der Waals surface area contributed by atoms with Crippen molar-refractivity contribution in [3.63, 3.8) is 0 Å². The molecule has 3 aliphatic rings. The van der Waals surface area contributed by atoms with E-state index in [1.54, 1.807) is 9.80 Å². The van der Waals surface area contributed by atoms with Crippen molar-refractivity contribution in [1.29, 1.82) is 0 Å². The van der Waals surface area contributed by atoms with Crippen molar-refractivity contribution < 1.29 is 28.7 Å². The van der Waals surface area contributed by atoms with Crippen LogP contribution in [0.15, 0.2) is 60.7 Å². The first kappa shape index (κ1) is 51.2. The number of hydrogen-bond acceptors (Lipinski definition) is 8. The van der Waals surface area contributed by atoms with E-state index in [0.717, 1.165) is 110 Å². The molecule has 4 amide bonds. The number of nitrogens with zero attached hydrogens (tertiary/aromatic N) is 2. The number of rotatable bonds is 14. The fourth-order valence-electron chi connectivity index (χ4n) is 7.38. The minimum atomic E-state index is -0.470. The van der Waals surface area contributed by atoms with Crippen molar-refractivity contribution in [1.82, 2.24) is 25.8 Å². The van der Waals surface area contributed by atoms with Crippen LogP contribution in [0.25, 0.3) is 0 Å². The Labute approximate surface area is 367 Å². The van der Waals surface area contributed by atoms with E-state index >= 15 is 0 Å². The first-order chi connectivity index (χ1) is 29.1. The second kappa shape index (κ2) is 27.7. The topological polar surface area (TPSA) is 155 Å². The molecular weight excluding hydrogens is 769 g/mol. The fraction of sp³-hybridized carbons (Fsp3) is 0.673. The lowest BCUT2D eigenvalue weighted by Crippen LogP contribution is -2.47. The molecule has 0 saturated carbocycles. The van der Waals surface area contributed by atoms with Crippen LogP contribution in [-0.2, 0) is 31.9 Å². The minimum Gasteiger partial charge on any atom is -0.444 e. The summed E-state index contributed by atoms with van der Waals surface area (Å²) in [6.45, 7) is 16.0. The van der Waals surface area contributed by atoms with Gasteiger partial charge in [0.05, 0.1) is 0 Å². The van der Waals surface area contributed by atoms with Gasteiger partial charge in [-0.05, 0) is 143 Å². The Morgan fingerprint density at radius 2 is 0.951 bits per heavy atom. The monoisotopic (exact) mass is 849 g/mol. The maximum atomic E-state index is 12.1. The number of likely N-dealkylation sites (tertiary alicyclic amines) is 2. The lowest BCUT2D eigenvalue weighted by molar-refractivity contribution is -0.123. The molecule has 0 aliphatic carbocycles. The van der Waals surface area contributed by atoms with Gasteiger partial charge >= 0.3 is 12.2 Å². The Morgan fingerprint density at radius 3 is 1.34 bits per heavy atom. The third kappa shape index (κ3) is 24.2. The highest BCUT2D eigenvalue weighted by molar-refractivity contribution is 5.76. The summed E-state index contributed by atoms with van der Waals surface area (Å²) in [5, 5.41) is 9.58. The number of benzene rings is 2. The number of aryl methyl sites for hydroxylation is 2. The molecule has 342 valence electrons. The van der Waals surface area contributed by atoms with Crippen molar-refractivity contribution in [3.8, 4) is 0 Å². The average molecular weight is 849 g/mol. The summed E-state index contributed by atoms with van der Waals surface area (Å²) in [4.78, 5) is 51.1. The standard InChI is InChI=1S/C22H34N2O3.C17H26N2O.C10H20N2O2/c1-22(2,3)27-21(26)24-16-14-19(15-17-24)23-20(25)13-9-5-8-12-18-10-6-4-7-11-18;20-17(19-16-11-13-18-14-12-16)10-6-2-5-9-15-7-3-1-4-8-15;1-10(2,3)14-9(13)12-6-4-8(11)5-7-12/h4,6-7,10-11,19H,5,8-9,12-17H2,1-3H3,(H,23,25);1,3-4,7-8,16,18H,2,5-6,9-14H2,(H,19,20);8H,4-7,11H2,1-3H3. The van der Waals surface area contributed by atoms with Crippen LogP contribution in [0.3, 0.4) is 0 Å². The predicted octanol–water partition coefficient (Wildman–Crippen LogP) is 8.31. The normalized spacial score (nSPS) is 16.6. The van der Waals surface area contributed by atoms with Crippen molar-refractivity contribution in [2.45, 2.75) is 174 Å². The fourth-order valence-corrected chi connectivity index (χ4v) is 7.38. The minimum absolute atomic E-state index is 0.130. The number of unbranched alkanes of at least 4 members (excludes halogenated alkanes) is 4. The van der Waals surface area contributed by atoms with Gasteiger partial charge in [0.1, 0.15) is 11.2 Å². The number of ether oxygens (including phenoxy) is 2. The van der Waals surface area contributed by atoms with E-state index in [0.29, 0.717) is 32.0 Å². The van der Waals surface area contributed by atoms with E-state index in [4.69, 9.17) is 15.2 Å². The summed E-state index contributed by atoms with van der Waals surface area (Å²) < 4.78 is 10.7. The summed E-state index contributed by atoms with van der Waals surface area (Å²) in [6.07, 6.45) is 14.9. The van der Waals surface area contributed by atoms with Crippen LogP contribution < -0.4 is 21.7 Å². The van der Waals surface area contributed by atoms with Gasteiger partial charge in [0, 0.05) is 57.1 Å². The van der Waals surface area contributed by atoms with Gasteiger partial charge in [-0.15, -0.1) is 0 Å². The van der Waals surface area contributed by atoms with E-state index < -0.39 is 11.2 Å². The number of carbonyl (C=O) groups excluding carboxylic acids is 4.